The molecule has 2 rings (SSSR count). The van der Waals surface area contributed by atoms with E-state index in [9.17, 15) is 4.79 Å². The second-order valence-corrected chi connectivity index (χ2v) is 5.86. The molecule has 0 aliphatic carbocycles. The molecule has 0 aliphatic rings. The number of hydrogen-bond donors (Lipinski definition) is 1. The third-order valence-corrected chi connectivity index (χ3v) is 2.84. The van der Waals surface area contributed by atoms with Crippen molar-refractivity contribution in [2.24, 2.45) is 0 Å². The third kappa shape index (κ3) is 4.02. The predicted molar refractivity (Wildman–Crippen MR) is 84.6 cm³/mol. The van der Waals surface area contributed by atoms with Gasteiger partial charge in [0.25, 0.3) is 5.91 Å². The lowest BCUT2D eigenvalue weighted by Crippen LogP contribution is -2.29. The summed E-state index contributed by atoms with van der Waals surface area (Å²) >= 11 is 0. The summed E-state index contributed by atoms with van der Waals surface area (Å²) in [5, 5.41) is 3.23. The van der Waals surface area contributed by atoms with Gasteiger partial charge in [0.05, 0.1) is 0 Å². The Morgan fingerprint density at radius 3 is 2.43 bits per heavy atom. The maximum absolute atomic E-state index is 12.5. The highest BCUT2D eigenvalue weighted by Crippen LogP contribution is 2.16. The van der Waals surface area contributed by atoms with Crippen LogP contribution in [0.1, 0.15) is 31.3 Å². The molecule has 21 heavy (non-hydrogen) atoms. The van der Waals surface area contributed by atoms with Gasteiger partial charge in [-0.15, -0.1) is 0 Å². The van der Waals surface area contributed by atoms with Gasteiger partial charge in [0, 0.05) is 24.3 Å². The van der Waals surface area contributed by atoms with E-state index < -0.39 is 0 Å². The molecule has 0 bridgehead atoms. The first-order chi connectivity index (χ1) is 9.87. The van der Waals surface area contributed by atoms with Gasteiger partial charge in [-0.2, -0.15) is 0 Å². The number of nitrogens with one attached hydrogen (secondary N) is 1. The Kier molecular flexibility index (Phi) is 4.21. The zero-order valence-electron chi connectivity index (χ0n) is 12.8. The predicted octanol–water partition coefficient (Wildman–Crippen LogP) is 2.96. The van der Waals surface area contributed by atoms with Gasteiger partial charge in [-0.3, -0.25) is 4.79 Å². The maximum Gasteiger partial charge on any atom is 0.276 e. The van der Waals surface area contributed by atoms with Crippen molar-refractivity contribution in [3.63, 3.8) is 0 Å². The lowest BCUT2D eigenvalue weighted by atomic mass is 10.1. The molecule has 1 heterocycles. The van der Waals surface area contributed by atoms with Crippen LogP contribution in [0.3, 0.4) is 0 Å². The van der Waals surface area contributed by atoms with Crippen molar-refractivity contribution >= 4 is 17.4 Å². The summed E-state index contributed by atoms with van der Waals surface area (Å²) < 4.78 is 0. The Bertz CT molecular complexity index is 620. The minimum atomic E-state index is -0.166. The van der Waals surface area contributed by atoms with Gasteiger partial charge in [0.1, 0.15) is 17.8 Å². The van der Waals surface area contributed by atoms with Crippen molar-refractivity contribution in [2.45, 2.75) is 26.3 Å². The number of carbonyl (C=O) groups excluding carboxylic acids is 1. The number of carbonyl (C=O) groups is 1. The summed E-state index contributed by atoms with van der Waals surface area (Å²) in [7, 11) is 1.73. The first-order valence-electron chi connectivity index (χ1n) is 6.80. The number of para-hydroxylation sites is 1. The van der Waals surface area contributed by atoms with Gasteiger partial charge in [0.2, 0.25) is 0 Å². The van der Waals surface area contributed by atoms with Crippen LogP contribution < -0.4 is 10.2 Å². The van der Waals surface area contributed by atoms with Gasteiger partial charge in [-0.05, 0) is 32.9 Å². The number of amides is 1. The summed E-state index contributed by atoms with van der Waals surface area (Å²) in [5.41, 5.74) is 1.06. The molecule has 0 saturated heterocycles. The zero-order valence-corrected chi connectivity index (χ0v) is 12.8. The number of aromatic nitrogens is 2. The smallest absolute Gasteiger partial charge is 0.276 e. The molecular weight excluding hydrogens is 264 g/mol. The number of rotatable bonds is 3. The Morgan fingerprint density at radius 1 is 1.14 bits per heavy atom. The van der Waals surface area contributed by atoms with Gasteiger partial charge in [-0.1, -0.05) is 18.2 Å². The summed E-state index contributed by atoms with van der Waals surface area (Å²) in [6.45, 7) is 6.10. The van der Waals surface area contributed by atoms with E-state index in [4.69, 9.17) is 0 Å². The highest BCUT2D eigenvalue weighted by atomic mass is 16.2. The number of hydrogen-bond acceptors (Lipinski definition) is 4. The molecule has 110 valence electrons. The number of benzene rings is 1. The molecule has 0 radical (unpaired) electrons. The highest BCUT2D eigenvalue weighted by molar-refractivity contribution is 6.04. The standard InChI is InChI=1S/C16H20N4O/c1-16(2,3)19-14-10-13(17-11-18-14)15(21)20(4)12-8-6-5-7-9-12/h5-11H,1-4H3,(H,17,18,19). The SMILES string of the molecule is CN(C(=O)c1cc(NC(C)(C)C)ncn1)c1ccccc1. The first kappa shape index (κ1) is 15.0. The van der Waals surface area contributed by atoms with Crippen LogP contribution in [-0.2, 0) is 0 Å². The molecule has 1 amide bonds. The van der Waals surface area contributed by atoms with Crippen molar-refractivity contribution in [3.05, 3.63) is 48.4 Å². The molecule has 1 aromatic carbocycles. The normalized spacial score (nSPS) is 11.0. The molecule has 2 aromatic rings. The topological polar surface area (TPSA) is 58.1 Å². The van der Waals surface area contributed by atoms with E-state index in [1.807, 2.05) is 51.1 Å². The largest absolute Gasteiger partial charge is 0.365 e. The van der Waals surface area contributed by atoms with Crippen molar-refractivity contribution in [3.8, 4) is 0 Å². The van der Waals surface area contributed by atoms with Crippen LogP contribution in [0.4, 0.5) is 11.5 Å². The Labute approximate surface area is 125 Å². The quantitative estimate of drug-likeness (QED) is 0.941. The Hall–Kier alpha value is -2.43. The molecule has 0 aliphatic heterocycles. The van der Waals surface area contributed by atoms with E-state index in [-0.39, 0.29) is 11.4 Å². The maximum atomic E-state index is 12.5. The molecule has 5 heteroatoms. The van der Waals surface area contributed by atoms with E-state index in [1.165, 1.54) is 6.33 Å². The van der Waals surface area contributed by atoms with E-state index in [2.05, 4.69) is 15.3 Å². The van der Waals surface area contributed by atoms with Gasteiger partial charge >= 0.3 is 0 Å². The van der Waals surface area contributed by atoms with Crippen LogP contribution in [0.2, 0.25) is 0 Å². The van der Waals surface area contributed by atoms with Crippen molar-refractivity contribution in [1.29, 1.82) is 0 Å². The zero-order chi connectivity index (χ0) is 15.5. The van der Waals surface area contributed by atoms with Crippen molar-refractivity contribution < 1.29 is 4.79 Å². The van der Waals surface area contributed by atoms with E-state index >= 15 is 0 Å². The van der Waals surface area contributed by atoms with E-state index in [0.717, 1.165) is 5.69 Å². The summed E-state index contributed by atoms with van der Waals surface area (Å²) in [6.07, 6.45) is 1.40. The molecule has 5 nitrogen and oxygen atoms in total. The summed E-state index contributed by atoms with van der Waals surface area (Å²) in [6, 6.07) is 11.1. The second-order valence-electron chi connectivity index (χ2n) is 5.86. The van der Waals surface area contributed by atoms with Gasteiger partial charge in [-0.25, -0.2) is 9.97 Å². The average molecular weight is 284 g/mol. The van der Waals surface area contributed by atoms with E-state index in [1.54, 1.807) is 18.0 Å². The Morgan fingerprint density at radius 2 is 1.81 bits per heavy atom. The fourth-order valence-corrected chi connectivity index (χ4v) is 1.87. The van der Waals surface area contributed by atoms with Crippen LogP contribution >= 0.6 is 0 Å². The van der Waals surface area contributed by atoms with Gasteiger partial charge < -0.3 is 10.2 Å². The lowest BCUT2D eigenvalue weighted by molar-refractivity contribution is 0.0988. The number of anilines is 2. The van der Waals surface area contributed by atoms with Crippen LogP contribution in [0.25, 0.3) is 0 Å². The monoisotopic (exact) mass is 284 g/mol. The molecule has 0 atom stereocenters. The number of nitrogens with zero attached hydrogens (tertiary/aromatic N) is 3. The van der Waals surface area contributed by atoms with Crippen molar-refractivity contribution in [1.82, 2.24) is 9.97 Å². The van der Waals surface area contributed by atoms with Crippen molar-refractivity contribution in [2.75, 3.05) is 17.3 Å². The lowest BCUT2D eigenvalue weighted by Gasteiger charge is -2.22. The fraction of sp³-hybridized carbons (Fsp3) is 0.312. The second kappa shape index (κ2) is 5.91. The van der Waals surface area contributed by atoms with Gasteiger partial charge in [0.15, 0.2) is 0 Å². The molecule has 1 N–H and O–H groups in total. The van der Waals surface area contributed by atoms with Crippen LogP contribution in [0.15, 0.2) is 42.7 Å². The Balaban J connectivity index is 2.22. The fourth-order valence-electron chi connectivity index (χ4n) is 1.87. The van der Waals surface area contributed by atoms with Crippen LogP contribution in [0.5, 0.6) is 0 Å². The molecule has 0 saturated carbocycles. The van der Waals surface area contributed by atoms with Crippen LogP contribution in [0, 0.1) is 0 Å². The summed E-state index contributed by atoms with van der Waals surface area (Å²) in [5.74, 6) is 0.475. The molecule has 1 aromatic heterocycles. The molecule has 0 unspecified atom stereocenters. The highest BCUT2D eigenvalue weighted by Gasteiger charge is 2.17. The average Bonchev–Trinajstić information content (AvgIpc) is 2.45. The van der Waals surface area contributed by atoms with Crippen LogP contribution in [-0.4, -0.2) is 28.5 Å². The third-order valence-electron chi connectivity index (χ3n) is 2.84. The molecule has 0 fully saturated rings. The minimum absolute atomic E-state index is 0.125. The summed E-state index contributed by atoms with van der Waals surface area (Å²) in [4.78, 5) is 22.3. The molecular formula is C16H20N4O. The van der Waals surface area contributed by atoms with E-state index in [0.29, 0.717) is 11.5 Å². The molecule has 0 spiro atoms. The first-order valence-corrected chi connectivity index (χ1v) is 6.80. The minimum Gasteiger partial charge on any atom is -0.365 e.